The van der Waals surface area contributed by atoms with Gasteiger partial charge >= 0.3 is 0 Å². The third-order valence-corrected chi connectivity index (χ3v) is 3.41. The van der Waals surface area contributed by atoms with Crippen molar-refractivity contribution in [1.29, 1.82) is 0 Å². The molecule has 3 nitrogen and oxygen atoms in total. The summed E-state index contributed by atoms with van der Waals surface area (Å²) in [6, 6.07) is 6.34. The smallest absolute Gasteiger partial charge is 0.161 e. The molecule has 1 unspecified atom stereocenters. The second-order valence-corrected chi connectivity index (χ2v) is 4.87. The summed E-state index contributed by atoms with van der Waals surface area (Å²) in [7, 11) is 2.01. The Hall–Kier alpha value is -1.22. The number of fused-ring (bicyclic) bond motifs is 1. The van der Waals surface area contributed by atoms with Crippen molar-refractivity contribution in [3.05, 3.63) is 23.8 Å². The van der Waals surface area contributed by atoms with Crippen LogP contribution in [0, 0.1) is 5.92 Å². The SMILES string of the molecule is CCC(CNC)Cc1ccc2c(c1)OCCCO2. The molecule has 1 heterocycles. The third-order valence-electron chi connectivity index (χ3n) is 3.41. The fourth-order valence-electron chi connectivity index (χ4n) is 2.32. The van der Waals surface area contributed by atoms with E-state index in [2.05, 4.69) is 24.4 Å². The van der Waals surface area contributed by atoms with E-state index >= 15 is 0 Å². The molecule has 3 heteroatoms. The van der Waals surface area contributed by atoms with E-state index in [9.17, 15) is 0 Å². The Morgan fingerprint density at radius 1 is 1.22 bits per heavy atom. The van der Waals surface area contributed by atoms with E-state index in [1.807, 2.05) is 13.1 Å². The Morgan fingerprint density at radius 2 is 2.00 bits per heavy atom. The maximum Gasteiger partial charge on any atom is 0.161 e. The van der Waals surface area contributed by atoms with Gasteiger partial charge in [-0.3, -0.25) is 0 Å². The molecule has 0 spiro atoms. The minimum Gasteiger partial charge on any atom is -0.490 e. The van der Waals surface area contributed by atoms with Crippen molar-refractivity contribution in [3.63, 3.8) is 0 Å². The summed E-state index contributed by atoms with van der Waals surface area (Å²) in [6.45, 7) is 4.81. The molecule has 100 valence electrons. The molecule has 0 saturated heterocycles. The van der Waals surface area contributed by atoms with Gasteiger partial charge < -0.3 is 14.8 Å². The molecular weight excluding hydrogens is 226 g/mol. The first-order valence-electron chi connectivity index (χ1n) is 6.86. The van der Waals surface area contributed by atoms with Gasteiger partial charge in [0.05, 0.1) is 13.2 Å². The van der Waals surface area contributed by atoms with Crippen molar-refractivity contribution < 1.29 is 9.47 Å². The molecule has 0 saturated carbocycles. The second-order valence-electron chi connectivity index (χ2n) is 4.87. The highest BCUT2D eigenvalue weighted by Gasteiger charge is 2.12. The van der Waals surface area contributed by atoms with E-state index in [0.29, 0.717) is 5.92 Å². The van der Waals surface area contributed by atoms with E-state index in [-0.39, 0.29) is 0 Å². The van der Waals surface area contributed by atoms with Crippen LogP contribution in [0.25, 0.3) is 0 Å². The summed E-state index contributed by atoms with van der Waals surface area (Å²) in [6.07, 6.45) is 3.24. The number of ether oxygens (including phenoxy) is 2. The van der Waals surface area contributed by atoms with Crippen molar-refractivity contribution in [2.75, 3.05) is 26.8 Å². The summed E-state index contributed by atoms with van der Waals surface area (Å²) in [4.78, 5) is 0. The average molecular weight is 249 g/mol. The van der Waals surface area contributed by atoms with E-state index in [1.165, 1.54) is 12.0 Å². The zero-order chi connectivity index (χ0) is 12.8. The first-order chi connectivity index (χ1) is 8.83. The normalized spacial score (nSPS) is 16.1. The molecule has 0 amide bonds. The molecular formula is C15H23NO2. The van der Waals surface area contributed by atoms with Crippen LogP contribution in [0.4, 0.5) is 0 Å². The van der Waals surface area contributed by atoms with Crippen molar-refractivity contribution in [3.8, 4) is 11.5 Å². The van der Waals surface area contributed by atoms with Crippen LogP contribution in [-0.2, 0) is 6.42 Å². The Labute approximate surface area is 109 Å². The lowest BCUT2D eigenvalue weighted by atomic mass is 9.96. The molecule has 1 aromatic rings. The van der Waals surface area contributed by atoms with Gasteiger partial charge in [-0.1, -0.05) is 19.4 Å². The lowest BCUT2D eigenvalue weighted by Gasteiger charge is -2.15. The summed E-state index contributed by atoms with van der Waals surface area (Å²) in [5, 5.41) is 3.26. The van der Waals surface area contributed by atoms with Gasteiger partial charge in [0, 0.05) is 6.42 Å². The molecule has 2 rings (SSSR count). The molecule has 1 atom stereocenters. The highest BCUT2D eigenvalue weighted by molar-refractivity contribution is 5.43. The standard InChI is InChI=1S/C15H23NO2/c1-3-12(11-16-2)9-13-5-6-14-15(10-13)18-8-4-7-17-14/h5-6,10,12,16H,3-4,7-9,11H2,1-2H3. The number of hydrogen-bond donors (Lipinski definition) is 1. The molecule has 1 aliphatic heterocycles. The summed E-state index contributed by atoms with van der Waals surface area (Å²) < 4.78 is 11.4. The van der Waals surface area contributed by atoms with Gasteiger partial charge in [0.15, 0.2) is 11.5 Å². The minimum atomic E-state index is 0.680. The van der Waals surface area contributed by atoms with Gasteiger partial charge in [-0.2, -0.15) is 0 Å². The van der Waals surface area contributed by atoms with Crippen LogP contribution in [0.5, 0.6) is 11.5 Å². The minimum absolute atomic E-state index is 0.680. The van der Waals surface area contributed by atoms with Crippen molar-refractivity contribution in [2.24, 2.45) is 5.92 Å². The second kappa shape index (κ2) is 6.64. The van der Waals surface area contributed by atoms with Crippen molar-refractivity contribution >= 4 is 0 Å². The van der Waals surface area contributed by atoms with Gasteiger partial charge in [-0.15, -0.1) is 0 Å². The highest BCUT2D eigenvalue weighted by atomic mass is 16.5. The van der Waals surface area contributed by atoms with E-state index < -0.39 is 0 Å². The van der Waals surface area contributed by atoms with Gasteiger partial charge in [-0.05, 0) is 43.6 Å². The molecule has 0 aromatic heterocycles. The average Bonchev–Trinajstić information content (AvgIpc) is 2.63. The summed E-state index contributed by atoms with van der Waals surface area (Å²) in [5.41, 5.74) is 1.33. The quantitative estimate of drug-likeness (QED) is 0.870. The Kier molecular flexibility index (Phi) is 4.88. The van der Waals surface area contributed by atoms with Crippen LogP contribution in [0.1, 0.15) is 25.3 Å². The zero-order valence-electron chi connectivity index (χ0n) is 11.4. The maximum atomic E-state index is 5.72. The maximum absolute atomic E-state index is 5.72. The highest BCUT2D eigenvalue weighted by Crippen LogP contribution is 2.31. The Morgan fingerprint density at radius 3 is 2.72 bits per heavy atom. The number of nitrogens with one attached hydrogen (secondary N) is 1. The molecule has 1 aromatic carbocycles. The molecule has 0 aliphatic carbocycles. The molecule has 1 N–H and O–H groups in total. The van der Waals surface area contributed by atoms with Crippen LogP contribution in [0.3, 0.4) is 0 Å². The van der Waals surface area contributed by atoms with Gasteiger partial charge in [0.2, 0.25) is 0 Å². The van der Waals surface area contributed by atoms with Crippen molar-refractivity contribution in [1.82, 2.24) is 5.32 Å². The van der Waals surface area contributed by atoms with Crippen LogP contribution >= 0.6 is 0 Å². The largest absolute Gasteiger partial charge is 0.490 e. The molecule has 0 fully saturated rings. The Bertz CT molecular complexity index is 379. The van der Waals surface area contributed by atoms with Crippen molar-refractivity contribution in [2.45, 2.75) is 26.2 Å². The topological polar surface area (TPSA) is 30.5 Å². The van der Waals surface area contributed by atoms with Crippen LogP contribution in [-0.4, -0.2) is 26.8 Å². The van der Waals surface area contributed by atoms with Gasteiger partial charge in [0.1, 0.15) is 0 Å². The van der Waals surface area contributed by atoms with Crippen LogP contribution in [0.15, 0.2) is 18.2 Å². The number of rotatable bonds is 5. The predicted octanol–water partition coefficient (Wildman–Crippen LogP) is 2.64. The lowest BCUT2D eigenvalue weighted by Crippen LogP contribution is -2.20. The predicted molar refractivity (Wildman–Crippen MR) is 73.5 cm³/mol. The van der Waals surface area contributed by atoms with Gasteiger partial charge in [-0.25, -0.2) is 0 Å². The first-order valence-corrected chi connectivity index (χ1v) is 6.86. The molecule has 0 radical (unpaired) electrons. The zero-order valence-corrected chi connectivity index (χ0v) is 11.4. The molecule has 0 bridgehead atoms. The van der Waals surface area contributed by atoms with E-state index in [4.69, 9.17) is 9.47 Å². The summed E-state index contributed by atoms with van der Waals surface area (Å²) in [5.74, 6) is 2.47. The van der Waals surface area contributed by atoms with Crippen LogP contribution in [0.2, 0.25) is 0 Å². The fourth-order valence-corrected chi connectivity index (χ4v) is 2.32. The van der Waals surface area contributed by atoms with E-state index in [1.54, 1.807) is 0 Å². The monoisotopic (exact) mass is 249 g/mol. The summed E-state index contributed by atoms with van der Waals surface area (Å²) >= 11 is 0. The number of hydrogen-bond acceptors (Lipinski definition) is 3. The lowest BCUT2D eigenvalue weighted by molar-refractivity contribution is 0.297. The Balaban J connectivity index is 2.07. The van der Waals surface area contributed by atoms with Crippen LogP contribution < -0.4 is 14.8 Å². The van der Waals surface area contributed by atoms with Gasteiger partial charge in [0.25, 0.3) is 0 Å². The first kappa shape index (κ1) is 13.2. The third kappa shape index (κ3) is 3.39. The number of benzene rings is 1. The molecule has 18 heavy (non-hydrogen) atoms. The van der Waals surface area contributed by atoms with E-state index in [0.717, 1.165) is 44.1 Å². The fraction of sp³-hybridized carbons (Fsp3) is 0.600. The molecule has 1 aliphatic rings.